The van der Waals surface area contributed by atoms with E-state index in [-0.39, 0.29) is 17.9 Å². The van der Waals surface area contributed by atoms with Crippen LogP contribution in [-0.2, 0) is 22.4 Å². The van der Waals surface area contributed by atoms with Crippen LogP contribution < -0.4 is 5.32 Å². The molecule has 136 valence electrons. The van der Waals surface area contributed by atoms with Gasteiger partial charge in [0.1, 0.15) is 0 Å². The van der Waals surface area contributed by atoms with E-state index in [4.69, 9.17) is 0 Å². The van der Waals surface area contributed by atoms with Crippen LogP contribution in [0.1, 0.15) is 37.3 Å². The molecule has 2 amide bonds. The van der Waals surface area contributed by atoms with Crippen LogP contribution in [0.5, 0.6) is 0 Å². The Morgan fingerprint density at radius 3 is 2.68 bits per heavy atom. The van der Waals surface area contributed by atoms with Crippen molar-refractivity contribution in [3.63, 3.8) is 0 Å². The quantitative estimate of drug-likeness (QED) is 0.884. The Morgan fingerprint density at radius 2 is 1.96 bits per heavy atom. The Balaban J connectivity index is 1.51. The summed E-state index contributed by atoms with van der Waals surface area (Å²) < 4.78 is 0. The number of likely N-dealkylation sites (tertiary alicyclic amines) is 1. The van der Waals surface area contributed by atoms with Crippen molar-refractivity contribution in [2.75, 3.05) is 32.7 Å². The highest BCUT2D eigenvalue weighted by Gasteiger charge is 2.31. The van der Waals surface area contributed by atoms with Crippen LogP contribution in [0.2, 0.25) is 0 Å². The number of piperidine rings is 1. The molecule has 2 heterocycles. The molecule has 1 atom stereocenters. The predicted molar refractivity (Wildman–Crippen MR) is 98.3 cm³/mol. The van der Waals surface area contributed by atoms with Crippen LogP contribution in [0.15, 0.2) is 24.3 Å². The van der Waals surface area contributed by atoms with Gasteiger partial charge in [-0.2, -0.15) is 0 Å². The van der Waals surface area contributed by atoms with Crippen LogP contribution >= 0.6 is 0 Å². The van der Waals surface area contributed by atoms with Crippen molar-refractivity contribution >= 4 is 11.8 Å². The highest BCUT2D eigenvalue weighted by atomic mass is 16.2. The van der Waals surface area contributed by atoms with E-state index >= 15 is 0 Å². The zero-order valence-electron chi connectivity index (χ0n) is 15.2. The lowest BCUT2D eigenvalue weighted by Gasteiger charge is -2.41. The van der Waals surface area contributed by atoms with Gasteiger partial charge in [0.25, 0.3) is 0 Å². The van der Waals surface area contributed by atoms with E-state index in [1.165, 1.54) is 11.1 Å². The minimum atomic E-state index is 0.168. The molecule has 0 radical (unpaired) electrons. The van der Waals surface area contributed by atoms with Gasteiger partial charge in [0.15, 0.2) is 0 Å². The number of carbonyl (C=O) groups is 2. The Morgan fingerprint density at radius 1 is 1.20 bits per heavy atom. The molecule has 0 aromatic heterocycles. The van der Waals surface area contributed by atoms with Gasteiger partial charge in [-0.1, -0.05) is 31.2 Å². The molecule has 25 heavy (non-hydrogen) atoms. The van der Waals surface area contributed by atoms with E-state index in [1.54, 1.807) is 0 Å². The second-order valence-corrected chi connectivity index (χ2v) is 7.07. The normalized spacial score (nSPS) is 21.5. The first-order valence-electron chi connectivity index (χ1n) is 9.53. The van der Waals surface area contributed by atoms with Gasteiger partial charge in [0.05, 0.1) is 6.54 Å². The zero-order chi connectivity index (χ0) is 17.6. The number of nitrogens with zero attached hydrogens (tertiary/aromatic N) is 2. The maximum Gasteiger partial charge on any atom is 0.236 e. The monoisotopic (exact) mass is 343 g/mol. The molecule has 0 spiro atoms. The molecule has 2 aliphatic heterocycles. The average molecular weight is 343 g/mol. The van der Waals surface area contributed by atoms with Crippen molar-refractivity contribution in [3.8, 4) is 0 Å². The smallest absolute Gasteiger partial charge is 0.236 e. The summed E-state index contributed by atoms with van der Waals surface area (Å²) in [6, 6.07) is 8.74. The summed E-state index contributed by atoms with van der Waals surface area (Å²) in [5.41, 5.74) is 2.55. The van der Waals surface area contributed by atoms with Gasteiger partial charge in [-0.05, 0) is 36.8 Å². The minimum absolute atomic E-state index is 0.168. The molecule has 1 unspecified atom stereocenters. The molecule has 2 aliphatic rings. The molecule has 0 aliphatic carbocycles. The van der Waals surface area contributed by atoms with Gasteiger partial charge in [-0.25, -0.2) is 0 Å². The van der Waals surface area contributed by atoms with Crippen molar-refractivity contribution in [2.45, 2.75) is 45.1 Å². The Hall–Kier alpha value is -1.88. The molecular weight excluding hydrogens is 314 g/mol. The summed E-state index contributed by atoms with van der Waals surface area (Å²) in [6.07, 6.45) is 4.37. The molecule has 0 bridgehead atoms. The van der Waals surface area contributed by atoms with E-state index in [0.29, 0.717) is 19.5 Å². The highest BCUT2D eigenvalue weighted by molar-refractivity contribution is 5.80. The molecule has 1 N–H and O–H groups in total. The third-order valence-electron chi connectivity index (χ3n) is 5.37. The first-order chi connectivity index (χ1) is 12.2. The number of hydrogen-bond acceptors (Lipinski definition) is 3. The summed E-state index contributed by atoms with van der Waals surface area (Å²) in [5, 5.41) is 3.11. The number of rotatable bonds is 5. The largest absolute Gasteiger partial charge is 0.341 e. The van der Waals surface area contributed by atoms with Gasteiger partial charge in [-0.3, -0.25) is 9.59 Å². The lowest BCUT2D eigenvalue weighted by molar-refractivity contribution is -0.140. The predicted octanol–water partition coefficient (Wildman–Crippen LogP) is 1.60. The lowest BCUT2D eigenvalue weighted by Crippen LogP contribution is -2.57. The number of carbonyl (C=O) groups excluding carboxylic acids is 2. The average Bonchev–Trinajstić information content (AvgIpc) is 2.67. The van der Waals surface area contributed by atoms with Crippen molar-refractivity contribution in [1.82, 2.24) is 15.1 Å². The molecule has 0 saturated carbocycles. The number of hydrogen-bond donors (Lipinski definition) is 1. The maximum absolute atomic E-state index is 12.6. The number of aryl methyl sites for hydroxylation is 2. The topological polar surface area (TPSA) is 52.7 Å². The molecule has 5 heteroatoms. The zero-order valence-corrected chi connectivity index (χ0v) is 15.2. The SMILES string of the molecule is CCc1ccc(CCC(=O)N2CCCC(N3CCNCC3=O)C2)cc1. The van der Waals surface area contributed by atoms with Crippen molar-refractivity contribution in [2.24, 2.45) is 0 Å². The van der Waals surface area contributed by atoms with Gasteiger partial charge in [-0.15, -0.1) is 0 Å². The fourth-order valence-electron chi connectivity index (χ4n) is 3.79. The molecular formula is C20H29N3O2. The second kappa shape index (κ2) is 8.48. The van der Waals surface area contributed by atoms with Crippen molar-refractivity contribution < 1.29 is 9.59 Å². The Bertz CT molecular complexity index is 599. The summed E-state index contributed by atoms with van der Waals surface area (Å²) in [5.74, 6) is 0.383. The summed E-state index contributed by atoms with van der Waals surface area (Å²) in [7, 11) is 0. The number of piperazine rings is 1. The number of amides is 2. The van der Waals surface area contributed by atoms with Crippen LogP contribution in [0.25, 0.3) is 0 Å². The number of benzene rings is 1. The molecule has 2 fully saturated rings. The van der Waals surface area contributed by atoms with Gasteiger partial charge < -0.3 is 15.1 Å². The van der Waals surface area contributed by atoms with Gasteiger partial charge in [0.2, 0.25) is 11.8 Å². The molecule has 2 saturated heterocycles. The fourth-order valence-corrected chi connectivity index (χ4v) is 3.79. The second-order valence-electron chi connectivity index (χ2n) is 7.07. The van der Waals surface area contributed by atoms with Crippen LogP contribution in [0, 0.1) is 0 Å². The molecule has 1 aromatic rings. The van der Waals surface area contributed by atoms with E-state index in [0.717, 1.165) is 45.3 Å². The van der Waals surface area contributed by atoms with Crippen LogP contribution in [-0.4, -0.2) is 60.4 Å². The highest BCUT2D eigenvalue weighted by Crippen LogP contribution is 2.18. The standard InChI is InChI=1S/C20H29N3O2/c1-2-16-5-7-17(8-6-16)9-10-19(24)22-12-3-4-18(15-22)23-13-11-21-14-20(23)25/h5-8,18,21H,2-4,9-15H2,1H3. The Kier molecular flexibility index (Phi) is 6.08. The lowest BCUT2D eigenvalue weighted by atomic mass is 10.0. The summed E-state index contributed by atoms with van der Waals surface area (Å²) in [4.78, 5) is 28.6. The van der Waals surface area contributed by atoms with Crippen molar-refractivity contribution in [3.05, 3.63) is 35.4 Å². The van der Waals surface area contributed by atoms with Crippen LogP contribution in [0.4, 0.5) is 0 Å². The van der Waals surface area contributed by atoms with E-state index < -0.39 is 0 Å². The summed E-state index contributed by atoms with van der Waals surface area (Å²) in [6.45, 7) is 5.70. The van der Waals surface area contributed by atoms with E-state index in [9.17, 15) is 9.59 Å². The molecule has 5 nitrogen and oxygen atoms in total. The van der Waals surface area contributed by atoms with Crippen LogP contribution in [0.3, 0.4) is 0 Å². The number of nitrogens with one attached hydrogen (secondary N) is 1. The van der Waals surface area contributed by atoms with E-state index in [1.807, 2.05) is 9.80 Å². The molecule has 3 rings (SSSR count). The van der Waals surface area contributed by atoms with E-state index in [2.05, 4.69) is 36.5 Å². The molecule has 1 aromatic carbocycles. The summed E-state index contributed by atoms with van der Waals surface area (Å²) >= 11 is 0. The van der Waals surface area contributed by atoms with Gasteiger partial charge in [0, 0.05) is 38.6 Å². The Labute approximate surface area is 150 Å². The fraction of sp³-hybridized carbons (Fsp3) is 0.600. The minimum Gasteiger partial charge on any atom is -0.341 e. The first kappa shape index (κ1) is 17.9. The third-order valence-corrected chi connectivity index (χ3v) is 5.37. The third kappa shape index (κ3) is 4.60. The first-order valence-corrected chi connectivity index (χ1v) is 9.53. The maximum atomic E-state index is 12.6. The van der Waals surface area contributed by atoms with Gasteiger partial charge >= 0.3 is 0 Å². The van der Waals surface area contributed by atoms with Crippen molar-refractivity contribution in [1.29, 1.82) is 0 Å².